The van der Waals surface area contributed by atoms with Crippen LogP contribution >= 0.6 is 0 Å². The number of hydroxylamine groups is 2. The molecule has 0 aliphatic carbocycles. The summed E-state index contributed by atoms with van der Waals surface area (Å²) < 4.78 is 7.22. The molecule has 0 saturated carbocycles. The van der Waals surface area contributed by atoms with E-state index in [0.717, 1.165) is 22.5 Å². The lowest BCUT2D eigenvalue weighted by atomic mass is 10.00. The maximum atomic E-state index is 13.4. The first kappa shape index (κ1) is 18.3. The van der Waals surface area contributed by atoms with Gasteiger partial charge in [-0.25, -0.2) is 4.68 Å². The second kappa shape index (κ2) is 7.13. The zero-order valence-electron chi connectivity index (χ0n) is 16.5. The summed E-state index contributed by atoms with van der Waals surface area (Å²) in [7, 11) is 0. The Morgan fingerprint density at radius 2 is 1.86 bits per heavy atom. The molecule has 1 aliphatic rings. The van der Waals surface area contributed by atoms with Crippen molar-refractivity contribution in [3.8, 4) is 0 Å². The SMILES string of the molecule is CC1=C(C(=O)n2nc(C)cc2C)[C@@H](c2occc2C)N(Cc2ccccc2)O1. The maximum Gasteiger partial charge on any atom is 0.280 e. The number of rotatable bonds is 4. The lowest BCUT2D eigenvalue weighted by Crippen LogP contribution is -2.28. The third kappa shape index (κ3) is 3.16. The van der Waals surface area contributed by atoms with E-state index in [1.807, 2.05) is 70.2 Å². The molecule has 28 heavy (non-hydrogen) atoms. The zero-order chi connectivity index (χ0) is 19.8. The van der Waals surface area contributed by atoms with Crippen LogP contribution < -0.4 is 0 Å². The fourth-order valence-electron chi connectivity index (χ4n) is 3.64. The van der Waals surface area contributed by atoms with E-state index in [0.29, 0.717) is 23.6 Å². The zero-order valence-corrected chi connectivity index (χ0v) is 16.5. The lowest BCUT2D eigenvalue weighted by Gasteiger charge is -2.23. The highest BCUT2D eigenvalue weighted by atomic mass is 16.7. The maximum absolute atomic E-state index is 13.4. The number of furan rings is 1. The molecule has 0 amide bonds. The predicted octanol–water partition coefficient (Wildman–Crippen LogP) is 4.50. The van der Waals surface area contributed by atoms with Gasteiger partial charge in [0.25, 0.3) is 5.91 Å². The molecule has 0 unspecified atom stereocenters. The van der Waals surface area contributed by atoms with Crippen molar-refractivity contribution < 1.29 is 14.0 Å². The van der Waals surface area contributed by atoms with Crippen LogP contribution in [0.1, 0.15) is 46.0 Å². The molecular weight excluding hydrogens is 354 g/mol. The van der Waals surface area contributed by atoms with Gasteiger partial charge in [-0.2, -0.15) is 5.10 Å². The van der Waals surface area contributed by atoms with Crippen LogP contribution in [0.4, 0.5) is 0 Å². The summed E-state index contributed by atoms with van der Waals surface area (Å²) in [6.07, 6.45) is 1.64. The highest BCUT2D eigenvalue weighted by Crippen LogP contribution is 2.41. The molecule has 4 rings (SSSR count). The Morgan fingerprint density at radius 1 is 1.11 bits per heavy atom. The monoisotopic (exact) mass is 377 g/mol. The van der Waals surface area contributed by atoms with E-state index in [9.17, 15) is 4.79 Å². The molecule has 1 atom stereocenters. The average Bonchev–Trinajstić information content (AvgIpc) is 3.32. The summed E-state index contributed by atoms with van der Waals surface area (Å²) in [4.78, 5) is 19.5. The molecule has 0 fully saturated rings. The van der Waals surface area contributed by atoms with Gasteiger partial charge in [-0.15, -0.1) is 5.06 Å². The van der Waals surface area contributed by atoms with Crippen molar-refractivity contribution in [3.63, 3.8) is 0 Å². The summed E-state index contributed by atoms with van der Waals surface area (Å²) >= 11 is 0. The smallest absolute Gasteiger partial charge is 0.280 e. The van der Waals surface area contributed by atoms with Gasteiger partial charge in [0, 0.05) is 5.69 Å². The minimum absolute atomic E-state index is 0.195. The van der Waals surface area contributed by atoms with E-state index < -0.39 is 6.04 Å². The summed E-state index contributed by atoms with van der Waals surface area (Å²) in [5, 5.41) is 6.17. The summed E-state index contributed by atoms with van der Waals surface area (Å²) in [6.45, 7) is 8.06. The first-order valence-corrected chi connectivity index (χ1v) is 9.27. The summed E-state index contributed by atoms with van der Waals surface area (Å²) in [6, 6.07) is 13.4. The van der Waals surface area contributed by atoms with Crippen LogP contribution in [0.15, 0.2) is 64.5 Å². The van der Waals surface area contributed by atoms with Crippen molar-refractivity contribution in [3.05, 3.63) is 88.3 Å². The van der Waals surface area contributed by atoms with E-state index in [1.165, 1.54) is 4.68 Å². The van der Waals surface area contributed by atoms with Gasteiger partial charge in [0.15, 0.2) is 0 Å². The molecule has 6 heteroatoms. The molecule has 0 spiro atoms. The topological polar surface area (TPSA) is 60.5 Å². The highest BCUT2D eigenvalue weighted by Gasteiger charge is 2.42. The van der Waals surface area contributed by atoms with Gasteiger partial charge < -0.3 is 9.25 Å². The van der Waals surface area contributed by atoms with Crippen LogP contribution in [0.5, 0.6) is 0 Å². The van der Waals surface area contributed by atoms with Crippen molar-refractivity contribution >= 4 is 5.91 Å². The fraction of sp³-hybridized carbons (Fsp3) is 0.273. The summed E-state index contributed by atoms with van der Waals surface area (Å²) in [5.74, 6) is 1.08. The number of aryl methyl sites for hydroxylation is 3. The van der Waals surface area contributed by atoms with Gasteiger partial charge in [-0.1, -0.05) is 30.3 Å². The number of benzene rings is 1. The van der Waals surface area contributed by atoms with Crippen LogP contribution in [0.2, 0.25) is 0 Å². The van der Waals surface area contributed by atoms with Gasteiger partial charge in [0.1, 0.15) is 17.6 Å². The Morgan fingerprint density at radius 3 is 2.46 bits per heavy atom. The number of nitrogens with zero attached hydrogens (tertiary/aromatic N) is 3. The van der Waals surface area contributed by atoms with E-state index in [1.54, 1.807) is 11.3 Å². The third-order valence-electron chi connectivity index (χ3n) is 4.96. The fourth-order valence-corrected chi connectivity index (χ4v) is 3.64. The molecular formula is C22H23N3O3. The van der Waals surface area contributed by atoms with E-state index in [4.69, 9.17) is 9.25 Å². The largest absolute Gasteiger partial charge is 0.467 e. The van der Waals surface area contributed by atoms with Crippen molar-refractivity contribution in [2.45, 2.75) is 40.3 Å². The van der Waals surface area contributed by atoms with Gasteiger partial charge in [-0.05, 0) is 51.0 Å². The van der Waals surface area contributed by atoms with Crippen LogP contribution in [-0.2, 0) is 11.4 Å². The second-order valence-corrected chi connectivity index (χ2v) is 7.14. The number of carbonyl (C=O) groups excluding carboxylic acids is 1. The molecule has 2 aromatic heterocycles. The van der Waals surface area contributed by atoms with E-state index in [2.05, 4.69) is 5.10 Å². The van der Waals surface area contributed by atoms with Gasteiger partial charge >= 0.3 is 0 Å². The lowest BCUT2D eigenvalue weighted by molar-refractivity contribution is -0.130. The molecule has 0 bridgehead atoms. The Kier molecular flexibility index (Phi) is 4.65. The minimum atomic E-state index is -0.438. The number of aromatic nitrogens is 2. The molecule has 0 saturated heterocycles. The Bertz CT molecular complexity index is 1050. The number of hydrogen-bond acceptors (Lipinski definition) is 5. The minimum Gasteiger partial charge on any atom is -0.467 e. The Balaban J connectivity index is 1.75. The van der Waals surface area contributed by atoms with Crippen LogP contribution in [0, 0.1) is 20.8 Å². The van der Waals surface area contributed by atoms with Crippen LogP contribution in [-0.4, -0.2) is 20.8 Å². The molecule has 3 heterocycles. The average molecular weight is 377 g/mol. The van der Waals surface area contributed by atoms with Crippen molar-refractivity contribution in [2.24, 2.45) is 0 Å². The van der Waals surface area contributed by atoms with Crippen LogP contribution in [0.3, 0.4) is 0 Å². The van der Waals surface area contributed by atoms with Crippen molar-refractivity contribution in [2.75, 3.05) is 0 Å². The molecule has 144 valence electrons. The predicted molar refractivity (Wildman–Crippen MR) is 104 cm³/mol. The number of allylic oxidation sites excluding steroid dienone is 1. The summed E-state index contributed by atoms with van der Waals surface area (Å²) in [5.41, 5.74) is 4.19. The van der Waals surface area contributed by atoms with E-state index >= 15 is 0 Å². The standard InChI is InChI=1S/C22H23N3O3/c1-14-10-11-27-21(14)20-19(22(26)25-16(3)12-15(2)23-25)17(4)28-24(20)13-18-8-6-5-7-9-18/h5-12,20H,13H2,1-4H3/t20-/m0/s1. The van der Waals surface area contributed by atoms with Crippen LogP contribution in [0.25, 0.3) is 0 Å². The highest BCUT2D eigenvalue weighted by molar-refractivity contribution is 5.97. The molecule has 0 N–H and O–H groups in total. The van der Waals surface area contributed by atoms with Crippen molar-refractivity contribution in [1.82, 2.24) is 14.8 Å². The second-order valence-electron chi connectivity index (χ2n) is 7.14. The first-order chi connectivity index (χ1) is 13.5. The van der Waals surface area contributed by atoms with Gasteiger partial charge in [0.05, 0.1) is 24.1 Å². The van der Waals surface area contributed by atoms with E-state index in [-0.39, 0.29) is 5.91 Å². The van der Waals surface area contributed by atoms with Gasteiger partial charge in [0.2, 0.25) is 0 Å². The van der Waals surface area contributed by atoms with Gasteiger partial charge in [-0.3, -0.25) is 4.79 Å². The first-order valence-electron chi connectivity index (χ1n) is 9.27. The third-order valence-corrected chi connectivity index (χ3v) is 4.96. The molecule has 3 aromatic rings. The quantitative estimate of drug-likeness (QED) is 0.670. The molecule has 6 nitrogen and oxygen atoms in total. The molecule has 1 aromatic carbocycles. The van der Waals surface area contributed by atoms with Crippen molar-refractivity contribution in [1.29, 1.82) is 0 Å². The Labute approximate surface area is 164 Å². The molecule has 1 aliphatic heterocycles. The number of hydrogen-bond donors (Lipinski definition) is 0. The molecule has 0 radical (unpaired) electrons. The Hall–Kier alpha value is -3.12. The normalized spacial score (nSPS) is 17.2. The number of carbonyl (C=O) groups is 1.